The molecule has 0 atom stereocenters. The van der Waals surface area contributed by atoms with Crippen LogP contribution in [0.2, 0.25) is 0 Å². The first-order valence-corrected chi connectivity index (χ1v) is 14.8. The van der Waals surface area contributed by atoms with Crippen molar-refractivity contribution in [3.05, 3.63) is 108 Å². The summed E-state index contributed by atoms with van der Waals surface area (Å²) in [5.74, 6) is 2.14. The quantitative estimate of drug-likeness (QED) is 0.245. The van der Waals surface area contributed by atoms with Crippen molar-refractivity contribution in [3.63, 3.8) is 0 Å². The number of benzene rings is 3. The molecule has 0 amide bonds. The highest BCUT2D eigenvalue weighted by molar-refractivity contribution is 7.43. The normalized spacial score (nSPS) is 12.2. The molecule has 0 fully saturated rings. The van der Waals surface area contributed by atoms with Gasteiger partial charge in [-0.3, -0.25) is 0 Å². The Kier molecular flexibility index (Phi) is 9.42. The lowest BCUT2D eigenvalue weighted by Crippen LogP contribution is -2.17. The zero-order valence-electron chi connectivity index (χ0n) is 25.7. The van der Waals surface area contributed by atoms with Gasteiger partial charge in [-0.2, -0.15) is 0 Å². The first kappa shape index (κ1) is 31.2. The van der Waals surface area contributed by atoms with Gasteiger partial charge in [-0.25, -0.2) is 0 Å². The molecule has 0 saturated carbocycles. The Bertz CT molecular complexity index is 1210. The van der Waals surface area contributed by atoms with Crippen LogP contribution < -0.4 is 13.6 Å². The summed E-state index contributed by atoms with van der Waals surface area (Å²) >= 11 is 0. The van der Waals surface area contributed by atoms with Gasteiger partial charge < -0.3 is 13.6 Å². The van der Waals surface area contributed by atoms with E-state index in [9.17, 15) is 0 Å². The van der Waals surface area contributed by atoms with Crippen molar-refractivity contribution in [1.29, 1.82) is 0 Å². The molecular formula is C36H45O3P. The SMILES string of the molecule is C=Cc1ccc(C(C)(C)C)c(OP(Oc2cc(C=C)ccc2C(C)(C)C)Oc2cc(C=C)ccc2C(C)(C)C)c1. The molecule has 0 unspecified atom stereocenters. The van der Waals surface area contributed by atoms with Crippen LogP contribution in [0.25, 0.3) is 18.2 Å². The summed E-state index contributed by atoms with van der Waals surface area (Å²) < 4.78 is 20.2. The molecule has 0 radical (unpaired) electrons. The van der Waals surface area contributed by atoms with Crippen LogP contribution in [-0.2, 0) is 16.2 Å². The lowest BCUT2D eigenvalue weighted by atomic mass is 9.86. The Balaban J connectivity index is 2.21. The Morgan fingerprint density at radius 1 is 0.475 bits per heavy atom. The van der Waals surface area contributed by atoms with E-state index < -0.39 is 8.60 Å². The van der Waals surface area contributed by atoms with Crippen molar-refractivity contribution in [2.24, 2.45) is 0 Å². The number of hydrogen-bond acceptors (Lipinski definition) is 3. The van der Waals surface area contributed by atoms with Gasteiger partial charge in [0, 0.05) is 16.7 Å². The fourth-order valence-electron chi connectivity index (χ4n) is 4.38. The van der Waals surface area contributed by atoms with Crippen LogP contribution in [0, 0.1) is 0 Å². The van der Waals surface area contributed by atoms with Crippen LogP contribution in [0.4, 0.5) is 0 Å². The average molecular weight is 557 g/mol. The van der Waals surface area contributed by atoms with Gasteiger partial charge in [-0.1, -0.05) is 137 Å². The predicted molar refractivity (Wildman–Crippen MR) is 175 cm³/mol. The minimum absolute atomic E-state index is 0.158. The van der Waals surface area contributed by atoms with E-state index in [1.54, 1.807) is 0 Å². The highest BCUT2D eigenvalue weighted by atomic mass is 31.2. The van der Waals surface area contributed by atoms with Crippen molar-refractivity contribution in [2.45, 2.75) is 78.6 Å². The van der Waals surface area contributed by atoms with E-state index in [4.69, 9.17) is 13.6 Å². The second kappa shape index (κ2) is 12.1. The second-order valence-corrected chi connectivity index (χ2v) is 14.1. The molecule has 0 aliphatic carbocycles. The van der Waals surface area contributed by atoms with Crippen molar-refractivity contribution in [1.82, 2.24) is 0 Å². The van der Waals surface area contributed by atoms with Gasteiger partial charge in [0.15, 0.2) is 0 Å². The van der Waals surface area contributed by atoms with Crippen LogP contribution in [0.5, 0.6) is 17.2 Å². The van der Waals surface area contributed by atoms with Crippen LogP contribution in [-0.4, -0.2) is 0 Å². The van der Waals surface area contributed by atoms with Gasteiger partial charge in [0.2, 0.25) is 0 Å². The molecule has 0 aliphatic rings. The monoisotopic (exact) mass is 556 g/mol. The molecule has 40 heavy (non-hydrogen) atoms. The lowest BCUT2D eigenvalue weighted by molar-refractivity contribution is 0.372. The molecule has 0 aliphatic heterocycles. The highest BCUT2D eigenvalue weighted by Crippen LogP contribution is 2.49. The van der Waals surface area contributed by atoms with Crippen molar-refractivity contribution in [3.8, 4) is 17.2 Å². The molecule has 0 spiro atoms. The maximum Gasteiger partial charge on any atom is 0.530 e. The van der Waals surface area contributed by atoms with Crippen molar-refractivity contribution < 1.29 is 13.6 Å². The molecule has 0 N–H and O–H groups in total. The third-order valence-corrected chi connectivity index (χ3v) is 7.70. The smallest absolute Gasteiger partial charge is 0.408 e. The van der Waals surface area contributed by atoms with Gasteiger partial charge in [0.25, 0.3) is 0 Å². The van der Waals surface area contributed by atoms with E-state index in [1.165, 1.54) is 0 Å². The summed E-state index contributed by atoms with van der Waals surface area (Å²) in [4.78, 5) is 0. The van der Waals surface area contributed by atoms with Crippen molar-refractivity contribution >= 4 is 26.8 Å². The Morgan fingerprint density at radius 3 is 0.925 bits per heavy atom. The minimum atomic E-state index is -1.93. The summed E-state index contributed by atoms with van der Waals surface area (Å²) in [6, 6.07) is 18.5. The van der Waals surface area contributed by atoms with Crippen LogP contribution in [0.1, 0.15) is 95.7 Å². The van der Waals surface area contributed by atoms with Crippen LogP contribution in [0.3, 0.4) is 0 Å². The summed E-state index contributed by atoms with van der Waals surface area (Å²) in [6.45, 7) is 31.4. The first-order valence-electron chi connectivity index (χ1n) is 13.7. The molecule has 212 valence electrons. The topological polar surface area (TPSA) is 27.7 Å². The molecule has 3 aromatic rings. The fraction of sp³-hybridized carbons (Fsp3) is 0.333. The lowest BCUT2D eigenvalue weighted by Gasteiger charge is -2.29. The van der Waals surface area contributed by atoms with E-state index in [0.29, 0.717) is 17.2 Å². The number of hydrogen-bond donors (Lipinski definition) is 0. The summed E-state index contributed by atoms with van der Waals surface area (Å²) in [7, 11) is -1.93. The average Bonchev–Trinajstić information content (AvgIpc) is 2.86. The van der Waals surface area contributed by atoms with Crippen LogP contribution in [0.15, 0.2) is 74.3 Å². The predicted octanol–water partition coefficient (Wildman–Crippen LogP) is 11.3. The third-order valence-electron chi connectivity index (χ3n) is 6.67. The molecular weight excluding hydrogens is 511 g/mol. The maximum atomic E-state index is 6.73. The van der Waals surface area contributed by atoms with Crippen molar-refractivity contribution in [2.75, 3.05) is 0 Å². The molecule has 0 aromatic heterocycles. The van der Waals surface area contributed by atoms with E-state index in [0.717, 1.165) is 33.4 Å². The summed E-state index contributed by atoms with van der Waals surface area (Å²) in [5, 5.41) is 0. The Labute approximate surface area is 243 Å². The molecule has 3 rings (SSSR count). The molecule has 0 saturated heterocycles. The standard InChI is InChI=1S/C36H45O3P/c1-13-25-16-19-28(34(4,5)6)31(22-25)37-40(38-32-23-26(14-2)17-20-29(32)35(7,8)9)39-33-24-27(15-3)18-21-30(33)36(10,11)12/h13-24H,1-3H2,4-12H3. The fourth-order valence-corrected chi connectivity index (χ4v) is 5.43. The highest BCUT2D eigenvalue weighted by Gasteiger charge is 2.30. The zero-order chi connectivity index (χ0) is 29.9. The molecule has 3 nitrogen and oxygen atoms in total. The van der Waals surface area contributed by atoms with Crippen LogP contribution >= 0.6 is 8.60 Å². The van der Waals surface area contributed by atoms with E-state index in [2.05, 4.69) is 118 Å². The molecule has 4 heteroatoms. The van der Waals surface area contributed by atoms with Gasteiger partial charge in [0.05, 0.1) is 0 Å². The Hall–Kier alpha value is -3.29. The molecule has 0 bridgehead atoms. The first-order chi connectivity index (χ1) is 18.6. The largest absolute Gasteiger partial charge is 0.530 e. The van der Waals surface area contributed by atoms with E-state index >= 15 is 0 Å². The Morgan fingerprint density at radius 2 is 0.725 bits per heavy atom. The van der Waals surface area contributed by atoms with Gasteiger partial charge in [0.1, 0.15) is 17.2 Å². The molecule has 0 heterocycles. The zero-order valence-corrected chi connectivity index (χ0v) is 26.6. The van der Waals surface area contributed by atoms with Gasteiger partial charge >= 0.3 is 8.60 Å². The molecule has 3 aromatic carbocycles. The summed E-state index contributed by atoms with van der Waals surface area (Å²) in [6.07, 6.45) is 5.46. The van der Waals surface area contributed by atoms with Gasteiger partial charge in [-0.15, -0.1) is 0 Å². The second-order valence-electron chi connectivity index (χ2n) is 13.1. The minimum Gasteiger partial charge on any atom is -0.408 e. The van der Waals surface area contributed by atoms with Gasteiger partial charge in [-0.05, 0) is 51.1 Å². The summed E-state index contributed by atoms with van der Waals surface area (Å²) in [5.41, 5.74) is 5.60. The van der Waals surface area contributed by atoms with E-state index in [-0.39, 0.29) is 16.2 Å². The number of rotatable bonds is 9. The third kappa shape index (κ3) is 7.67. The maximum absolute atomic E-state index is 6.73. The van der Waals surface area contributed by atoms with E-state index in [1.807, 2.05) is 36.4 Å².